The van der Waals surface area contributed by atoms with Crippen LogP contribution in [0.3, 0.4) is 0 Å². The van der Waals surface area contributed by atoms with Gasteiger partial charge < -0.3 is 14.8 Å². The maximum atomic E-state index is 6.50. The molecule has 4 nitrogen and oxygen atoms in total. The van der Waals surface area contributed by atoms with Crippen LogP contribution in [-0.2, 0) is 13.2 Å². The number of rotatable bonds is 9. The minimum absolute atomic E-state index is 0.209. The zero-order chi connectivity index (χ0) is 20.8. The van der Waals surface area contributed by atoms with Gasteiger partial charge in [0.1, 0.15) is 6.61 Å². The van der Waals surface area contributed by atoms with Gasteiger partial charge in [-0.2, -0.15) is 0 Å². The Kier molecular flexibility index (Phi) is 8.34. The van der Waals surface area contributed by atoms with Crippen molar-refractivity contribution in [2.24, 2.45) is 0 Å². The molecule has 1 N–H and O–H groups in total. The first-order valence-corrected chi connectivity index (χ1v) is 11.0. The molecular formula is C22H27Cl3N2O2. The predicted octanol–water partition coefficient (Wildman–Crippen LogP) is 5.81. The fraction of sp³-hybridized carbons (Fsp3) is 0.455. The maximum Gasteiger partial charge on any atom is 0.180 e. The second-order valence-electron chi connectivity index (χ2n) is 7.15. The first-order valence-electron chi connectivity index (χ1n) is 9.90. The van der Waals surface area contributed by atoms with E-state index < -0.39 is 0 Å². The lowest BCUT2D eigenvalue weighted by Crippen LogP contribution is -2.37. The Balaban J connectivity index is 1.64. The van der Waals surface area contributed by atoms with E-state index in [0.717, 1.165) is 30.8 Å². The van der Waals surface area contributed by atoms with E-state index in [-0.39, 0.29) is 6.61 Å². The number of methoxy groups -OCH3 is 1. The minimum atomic E-state index is 0.209. The number of benzene rings is 2. The topological polar surface area (TPSA) is 33.7 Å². The molecule has 1 saturated heterocycles. The quantitative estimate of drug-likeness (QED) is 0.515. The number of likely N-dealkylation sites (N-methyl/N-ethyl adjacent to an activating group) is 1. The summed E-state index contributed by atoms with van der Waals surface area (Å²) in [7, 11) is 1.61. The molecule has 158 valence electrons. The molecule has 0 bridgehead atoms. The fourth-order valence-electron chi connectivity index (χ4n) is 3.76. The molecule has 0 radical (unpaired) electrons. The van der Waals surface area contributed by atoms with Crippen LogP contribution in [-0.4, -0.2) is 37.7 Å². The van der Waals surface area contributed by atoms with Gasteiger partial charge in [0.25, 0.3) is 0 Å². The summed E-state index contributed by atoms with van der Waals surface area (Å²) in [6.45, 7) is 6.42. The summed E-state index contributed by atoms with van der Waals surface area (Å²) in [6.07, 6.45) is 2.53. The smallest absolute Gasteiger partial charge is 0.180 e. The van der Waals surface area contributed by atoms with Crippen LogP contribution < -0.4 is 14.8 Å². The van der Waals surface area contributed by atoms with Crippen molar-refractivity contribution in [1.29, 1.82) is 0 Å². The lowest BCUT2D eigenvalue weighted by atomic mass is 10.1. The number of nitrogens with zero attached hydrogens (tertiary/aromatic N) is 1. The van der Waals surface area contributed by atoms with Crippen LogP contribution in [0.5, 0.6) is 11.5 Å². The lowest BCUT2D eigenvalue weighted by molar-refractivity contribution is 0.260. The van der Waals surface area contributed by atoms with Crippen LogP contribution >= 0.6 is 34.8 Å². The summed E-state index contributed by atoms with van der Waals surface area (Å²) in [4.78, 5) is 2.53. The molecular weight excluding hydrogens is 431 g/mol. The second kappa shape index (κ2) is 10.7. The fourth-order valence-corrected chi connectivity index (χ4v) is 4.55. The molecule has 1 heterocycles. The average Bonchev–Trinajstić information content (AvgIpc) is 3.16. The van der Waals surface area contributed by atoms with Crippen LogP contribution in [0.2, 0.25) is 15.1 Å². The highest BCUT2D eigenvalue weighted by Crippen LogP contribution is 2.38. The highest BCUT2D eigenvalue weighted by atomic mass is 35.5. The van der Waals surface area contributed by atoms with E-state index in [0.29, 0.717) is 32.6 Å². The summed E-state index contributed by atoms with van der Waals surface area (Å²) in [6, 6.07) is 9.84. The summed E-state index contributed by atoms with van der Waals surface area (Å²) < 4.78 is 11.4. The van der Waals surface area contributed by atoms with Crippen molar-refractivity contribution in [2.45, 2.75) is 39.0 Å². The van der Waals surface area contributed by atoms with E-state index in [9.17, 15) is 0 Å². The lowest BCUT2D eigenvalue weighted by Gasteiger charge is -2.23. The average molecular weight is 458 g/mol. The second-order valence-corrected chi connectivity index (χ2v) is 8.38. The largest absolute Gasteiger partial charge is 0.493 e. The molecule has 0 spiro atoms. The predicted molar refractivity (Wildman–Crippen MR) is 121 cm³/mol. The van der Waals surface area contributed by atoms with E-state index in [1.165, 1.54) is 19.4 Å². The van der Waals surface area contributed by atoms with Gasteiger partial charge in [0.05, 0.1) is 12.1 Å². The summed E-state index contributed by atoms with van der Waals surface area (Å²) in [5, 5.41) is 5.16. The molecule has 0 aromatic heterocycles. The van der Waals surface area contributed by atoms with Gasteiger partial charge in [-0.25, -0.2) is 0 Å². The van der Waals surface area contributed by atoms with Gasteiger partial charge in [-0.05, 0) is 55.8 Å². The molecule has 1 aliphatic heterocycles. The molecule has 2 aromatic rings. The molecule has 7 heteroatoms. The highest BCUT2D eigenvalue weighted by molar-refractivity contribution is 6.36. The summed E-state index contributed by atoms with van der Waals surface area (Å²) in [5.74, 6) is 1.08. The van der Waals surface area contributed by atoms with Crippen molar-refractivity contribution in [3.05, 3.63) is 56.5 Å². The highest BCUT2D eigenvalue weighted by Gasteiger charge is 2.22. The standard InChI is InChI=1S/C22H27Cl3N2O2/c1-3-27-9-5-6-16(27)13-26-12-15-10-20(25)22(21(11-15)28-2)29-14-17-18(23)7-4-8-19(17)24/h4,7-8,10-11,16,26H,3,5-6,9,12-14H2,1-2H3/t16-/m0/s1. The SMILES string of the molecule is CCN1CCC[C@H]1CNCc1cc(Cl)c(OCc2c(Cl)cccc2Cl)c(OC)c1. The van der Waals surface area contributed by atoms with Crippen LogP contribution in [0, 0.1) is 0 Å². The minimum Gasteiger partial charge on any atom is -0.493 e. The monoisotopic (exact) mass is 456 g/mol. The van der Waals surface area contributed by atoms with Crippen molar-refractivity contribution in [2.75, 3.05) is 26.7 Å². The molecule has 1 aliphatic rings. The van der Waals surface area contributed by atoms with Crippen LogP contribution in [0.4, 0.5) is 0 Å². The Labute approximate surface area is 188 Å². The number of nitrogens with one attached hydrogen (secondary N) is 1. The Morgan fingerprint density at radius 1 is 1.14 bits per heavy atom. The van der Waals surface area contributed by atoms with Gasteiger partial charge >= 0.3 is 0 Å². The Morgan fingerprint density at radius 2 is 1.90 bits per heavy atom. The summed E-state index contributed by atoms with van der Waals surface area (Å²) >= 11 is 19.0. The van der Waals surface area contributed by atoms with Crippen LogP contribution in [0.15, 0.2) is 30.3 Å². The van der Waals surface area contributed by atoms with Gasteiger partial charge in [0.15, 0.2) is 11.5 Å². The van der Waals surface area contributed by atoms with Gasteiger partial charge in [-0.15, -0.1) is 0 Å². The number of ether oxygens (including phenoxy) is 2. The van der Waals surface area contributed by atoms with E-state index in [4.69, 9.17) is 44.3 Å². The molecule has 2 aromatic carbocycles. The number of hydrogen-bond donors (Lipinski definition) is 1. The van der Waals surface area contributed by atoms with Gasteiger partial charge in [-0.3, -0.25) is 4.90 Å². The zero-order valence-corrected chi connectivity index (χ0v) is 19.1. The van der Waals surface area contributed by atoms with Crippen molar-refractivity contribution in [3.8, 4) is 11.5 Å². The van der Waals surface area contributed by atoms with Crippen molar-refractivity contribution < 1.29 is 9.47 Å². The van der Waals surface area contributed by atoms with E-state index in [1.54, 1.807) is 25.3 Å². The molecule has 0 aliphatic carbocycles. The Morgan fingerprint density at radius 3 is 2.59 bits per heavy atom. The van der Waals surface area contributed by atoms with Crippen LogP contribution in [0.1, 0.15) is 30.9 Å². The molecule has 0 amide bonds. The number of hydrogen-bond acceptors (Lipinski definition) is 4. The van der Waals surface area contributed by atoms with E-state index in [1.807, 2.05) is 12.1 Å². The van der Waals surface area contributed by atoms with Crippen LogP contribution in [0.25, 0.3) is 0 Å². The van der Waals surface area contributed by atoms with E-state index in [2.05, 4.69) is 17.1 Å². The third-order valence-electron chi connectivity index (χ3n) is 5.33. The third kappa shape index (κ3) is 5.71. The molecule has 0 saturated carbocycles. The first kappa shape index (κ1) is 22.5. The summed E-state index contributed by atoms with van der Waals surface area (Å²) in [5.41, 5.74) is 1.77. The van der Waals surface area contributed by atoms with Crippen molar-refractivity contribution >= 4 is 34.8 Å². The van der Waals surface area contributed by atoms with Crippen molar-refractivity contribution in [3.63, 3.8) is 0 Å². The molecule has 1 atom stereocenters. The van der Waals surface area contributed by atoms with Gasteiger partial charge in [0, 0.05) is 34.7 Å². The van der Waals surface area contributed by atoms with Gasteiger partial charge in [0.2, 0.25) is 0 Å². The number of likely N-dealkylation sites (tertiary alicyclic amines) is 1. The Hall–Kier alpha value is -1.17. The molecule has 0 unspecified atom stereocenters. The maximum absolute atomic E-state index is 6.50. The molecule has 29 heavy (non-hydrogen) atoms. The van der Waals surface area contributed by atoms with Crippen molar-refractivity contribution in [1.82, 2.24) is 10.2 Å². The normalized spacial score (nSPS) is 16.9. The van der Waals surface area contributed by atoms with E-state index >= 15 is 0 Å². The third-order valence-corrected chi connectivity index (χ3v) is 6.32. The molecule has 3 rings (SSSR count). The zero-order valence-electron chi connectivity index (χ0n) is 16.8. The molecule has 1 fully saturated rings. The van der Waals surface area contributed by atoms with Gasteiger partial charge in [-0.1, -0.05) is 47.8 Å². The number of halogens is 3. The first-order chi connectivity index (χ1) is 14.0. The Bertz CT molecular complexity index is 812.